The number of hydrogen-bond donors (Lipinski definition) is 1. The molecule has 0 atom stereocenters. The van der Waals surface area contributed by atoms with Gasteiger partial charge in [-0.15, -0.1) is 12.4 Å². The summed E-state index contributed by atoms with van der Waals surface area (Å²) in [4.78, 5) is 0. The third kappa shape index (κ3) is 1.93. The molecule has 0 spiro atoms. The molecule has 0 saturated heterocycles. The Morgan fingerprint density at radius 2 is 1.92 bits per heavy atom. The van der Waals surface area contributed by atoms with Crippen molar-refractivity contribution in [3.63, 3.8) is 0 Å². The van der Waals surface area contributed by atoms with Crippen LogP contribution in [0.5, 0.6) is 0 Å². The van der Waals surface area contributed by atoms with E-state index in [-0.39, 0.29) is 24.5 Å². The first-order chi connectivity index (χ1) is 5.16. The summed E-state index contributed by atoms with van der Waals surface area (Å²) in [5.41, 5.74) is 5.53. The maximum atomic E-state index is 12.9. The van der Waals surface area contributed by atoms with Gasteiger partial charge in [-0.2, -0.15) is 0 Å². The zero-order valence-electron chi connectivity index (χ0n) is 6.60. The summed E-state index contributed by atoms with van der Waals surface area (Å²) in [5.74, 6) is -1.11. The van der Waals surface area contributed by atoms with Crippen LogP contribution in [0.4, 0.5) is 8.78 Å². The zero-order valence-corrected chi connectivity index (χ0v) is 7.42. The summed E-state index contributed by atoms with van der Waals surface area (Å²) < 4.78 is 25.7. The van der Waals surface area contributed by atoms with Crippen LogP contribution in [0.1, 0.15) is 11.1 Å². The smallest absolute Gasteiger partial charge is 0.133 e. The first-order valence-electron chi connectivity index (χ1n) is 3.30. The summed E-state index contributed by atoms with van der Waals surface area (Å²) in [7, 11) is 0. The monoisotopic (exact) mass is 193 g/mol. The van der Waals surface area contributed by atoms with E-state index in [1.54, 1.807) is 6.92 Å². The van der Waals surface area contributed by atoms with Gasteiger partial charge in [-0.3, -0.25) is 0 Å². The predicted molar refractivity (Wildman–Crippen MR) is 46.2 cm³/mol. The van der Waals surface area contributed by atoms with Crippen LogP contribution >= 0.6 is 12.4 Å². The fourth-order valence-corrected chi connectivity index (χ4v) is 0.902. The second-order valence-electron chi connectivity index (χ2n) is 2.36. The van der Waals surface area contributed by atoms with E-state index in [4.69, 9.17) is 5.73 Å². The molecule has 0 radical (unpaired) electrons. The van der Waals surface area contributed by atoms with Gasteiger partial charge in [0, 0.05) is 12.1 Å². The summed E-state index contributed by atoms with van der Waals surface area (Å²) >= 11 is 0. The van der Waals surface area contributed by atoms with Gasteiger partial charge >= 0.3 is 0 Å². The van der Waals surface area contributed by atoms with Crippen molar-refractivity contribution in [3.05, 3.63) is 34.9 Å². The molecule has 1 nitrogen and oxygen atoms in total. The highest BCUT2D eigenvalue weighted by molar-refractivity contribution is 5.85. The van der Waals surface area contributed by atoms with Gasteiger partial charge in [0.1, 0.15) is 11.6 Å². The Kier molecular flexibility index (Phi) is 4.13. The van der Waals surface area contributed by atoms with Crippen LogP contribution in [0.15, 0.2) is 12.1 Å². The van der Waals surface area contributed by atoms with Crippen LogP contribution in [-0.2, 0) is 6.54 Å². The van der Waals surface area contributed by atoms with E-state index >= 15 is 0 Å². The van der Waals surface area contributed by atoms with Crippen LogP contribution in [0.3, 0.4) is 0 Å². The van der Waals surface area contributed by atoms with Crippen LogP contribution in [0.2, 0.25) is 0 Å². The molecular formula is C8H10ClF2N. The number of halogens is 3. The van der Waals surface area contributed by atoms with E-state index in [1.807, 2.05) is 0 Å². The molecule has 68 valence electrons. The number of nitrogens with two attached hydrogens (primary N) is 1. The fourth-order valence-electron chi connectivity index (χ4n) is 0.902. The lowest BCUT2D eigenvalue weighted by Gasteiger charge is -2.03. The van der Waals surface area contributed by atoms with E-state index in [0.717, 1.165) is 0 Å². The maximum Gasteiger partial charge on any atom is 0.133 e. The molecule has 0 unspecified atom stereocenters. The van der Waals surface area contributed by atoms with Crippen LogP contribution < -0.4 is 5.73 Å². The van der Waals surface area contributed by atoms with Gasteiger partial charge < -0.3 is 5.73 Å². The number of aryl methyl sites for hydroxylation is 1. The molecule has 0 fully saturated rings. The largest absolute Gasteiger partial charge is 0.326 e. The molecule has 0 aliphatic heterocycles. The molecule has 1 aromatic carbocycles. The van der Waals surface area contributed by atoms with Gasteiger partial charge in [-0.25, -0.2) is 8.78 Å². The van der Waals surface area contributed by atoms with Gasteiger partial charge in [0.05, 0.1) is 0 Å². The minimum Gasteiger partial charge on any atom is -0.326 e. The van der Waals surface area contributed by atoms with Crippen molar-refractivity contribution in [3.8, 4) is 0 Å². The highest BCUT2D eigenvalue weighted by atomic mass is 35.5. The Balaban J connectivity index is 0.00000121. The lowest BCUT2D eigenvalue weighted by atomic mass is 10.1. The Bertz CT molecular complexity index is 276. The average Bonchev–Trinajstić information content (AvgIpc) is 1.99. The topological polar surface area (TPSA) is 26.0 Å². The van der Waals surface area contributed by atoms with Crippen molar-refractivity contribution < 1.29 is 8.78 Å². The minimum absolute atomic E-state index is 0. The van der Waals surface area contributed by atoms with E-state index in [2.05, 4.69) is 0 Å². The minimum atomic E-state index is -0.574. The Labute approximate surface area is 76.0 Å². The van der Waals surface area contributed by atoms with Crippen molar-refractivity contribution in [2.24, 2.45) is 5.73 Å². The zero-order chi connectivity index (χ0) is 8.43. The van der Waals surface area contributed by atoms with Gasteiger partial charge in [0.25, 0.3) is 0 Å². The first kappa shape index (κ1) is 11.3. The van der Waals surface area contributed by atoms with E-state index in [0.29, 0.717) is 5.56 Å². The van der Waals surface area contributed by atoms with Crippen molar-refractivity contribution in [1.82, 2.24) is 0 Å². The molecule has 0 saturated carbocycles. The Hall–Kier alpha value is -0.670. The first-order valence-corrected chi connectivity index (χ1v) is 3.30. The molecule has 0 aliphatic rings. The Morgan fingerprint density at radius 1 is 1.33 bits per heavy atom. The SMILES string of the molecule is Cc1ccc(F)c(CN)c1F.Cl. The van der Waals surface area contributed by atoms with E-state index < -0.39 is 11.6 Å². The van der Waals surface area contributed by atoms with Gasteiger partial charge in [0.15, 0.2) is 0 Å². The molecule has 12 heavy (non-hydrogen) atoms. The van der Waals surface area contributed by atoms with Crippen LogP contribution in [-0.4, -0.2) is 0 Å². The summed E-state index contributed by atoms with van der Waals surface area (Å²) in [6, 6.07) is 2.62. The molecule has 0 heterocycles. The van der Waals surface area contributed by atoms with Crippen LogP contribution in [0.25, 0.3) is 0 Å². The predicted octanol–water partition coefficient (Wildman–Crippen LogP) is 2.15. The number of hydrogen-bond acceptors (Lipinski definition) is 1. The maximum absolute atomic E-state index is 12.9. The van der Waals surface area contributed by atoms with Crippen molar-refractivity contribution in [1.29, 1.82) is 0 Å². The second-order valence-corrected chi connectivity index (χ2v) is 2.36. The lowest BCUT2D eigenvalue weighted by molar-refractivity contribution is 0.551. The fraction of sp³-hybridized carbons (Fsp3) is 0.250. The standard InChI is InChI=1S/C8H9F2N.ClH/c1-5-2-3-7(9)6(4-11)8(5)10;/h2-3H,4,11H2,1H3;1H. The molecule has 0 aliphatic carbocycles. The summed E-state index contributed by atoms with van der Waals surface area (Å²) in [5, 5.41) is 0. The third-order valence-electron chi connectivity index (χ3n) is 1.58. The molecule has 0 bridgehead atoms. The normalized spacial score (nSPS) is 9.33. The van der Waals surface area contributed by atoms with Crippen molar-refractivity contribution in [2.45, 2.75) is 13.5 Å². The summed E-state index contributed by atoms with van der Waals surface area (Å²) in [6.07, 6.45) is 0. The van der Waals surface area contributed by atoms with Crippen molar-refractivity contribution >= 4 is 12.4 Å². The average molecular weight is 194 g/mol. The highest BCUT2D eigenvalue weighted by Crippen LogP contribution is 2.14. The number of benzene rings is 1. The lowest BCUT2D eigenvalue weighted by Crippen LogP contribution is -2.04. The highest BCUT2D eigenvalue weighted by Gasteiger charge is 2.08. The molecule has 1 aromatic rings. The molecule has 2 N–H and O–H groups in total. The van der Waals surface area contributed by atoms with E-state index in [1.165, 1.54) is 12.1 Å². The van der Waals surface area contributed by atoms with Gasteiger partial charge in [-0.05, 0) is 18.6 Å². The molecule has 0 amide bonds. The third-order valence-corrected chi connectivity index (χ3v) is 1.58. The van der Waals surface area contributed by atoms with Gasteiger partial charge in [0.2, 0.25) is 0 Å². The molecule has 0 aromatic heterocycles. The second kappa shape index (κ2) is 4.38. The summed E-state index contributed by atoms with van der Waals surface area (Å²) in [6.45, 7) is 1.48. The molecular weight excluding hydrogens is 184 g/mol. The van der Waals surface area contributed by atoms with E-state index in [9.17, 15) is 8.78 Å². The number of rotatable bonds is 1. The van der Waals surface area contributed by atoms with Crippen molar-refractivity contribution in [2.75, 3.05) is 0 Å². The van der Waals surface area contributed by atoms with Crippen LogP contribution in [0, 0.1) is 18.6 Å². The molecule has 4 heteroatoms. The Morgan fingerprint density at radius 3 is 2.33 bits per heavy atom. The molecule has 1 rings (SSSR count). The quantitative estimate of drug-likeness (QED) is 0.727. The van der Waals surface area contributed by atoms with Gasteiger partial charge in [-0.1, -0.05) is 6.07 Å².